The van der Waals surface area contributed by atoms with E-state index in [2.05, 4.69) is 48.5 Å². The second-order valence-corrected chi connectivity index (χ2v) is 10.2. The molecule has 0 unspecified atom stereocenters. The molecule has 0 radical (unpaired) electrons. The molecule has 0 aromatic heterocycles. The first-order valence-corrected chi connectivity index (χ1v) is 12.6. The van der Waals surface area contributed by atoms with Gasteiger partial charge in [-0.2, -0.15) is 0 Å². The smallest absolute Gasteiger partial charge is 0.228 e. The van der Waals surface area contributed by atoms with Crippen molar-refractivity contribution in [1.29, 1.82) is 0 Å². The summed E-state index contributed by atoms with van der Waals surface area (Å²) < 4.78 is 0. The van der Waals surface area contributed by atoms with Crippen LogP contribution in [0.5, 0.6) is 0 Å². The summed E-state index contributed by atoms with van der Waals surface area (Å²) in [5, 5.41) is 0. The van der Waals surface area contributed by atoms with E-state index in [9.17, 15) is 9.59 Å². The van der Waals surface area contributed by atoms with Crippen LogP contribution in [0.2, 0.25) is 0 Å². The zero-order valence-electron chi connectivity index (χ0n) is 20.3. The lowest BCUT2D eigenvalue weighted by molar-refractivity contribution is -0.146. The maximum Gasteiger partial charge on any atom is 0.228 e. The Labute approximate surface area is 199 Å². The van der Waals surface area contributed by atoms with Gasteiger partial charge in [0, 0.05) is 33.6 Å². The third-order valence-electron chi connectivity index (χ3n) is 7.81. The van der Waals surface area contributed by atoms with Gasteiger partial charge in [0.15, 0.2) is 0 Å². The van der Waals surface area contributed by atoms with Gasteiger partial charge in [-0.3, -0.25) is 9.59 Å². The second kappa shape index (κ2) is 10.5. The molecule has 1 aliphatic heterocycles. The van der Waals surface area contributed by atoms with Crippen molar-refractivity contribution in [3.63, 3.8) is 0 Å². The number of hydrogen-bond acceptors (Lipinski definition) is 2. The number of likely N-dealkylation sites (tertiary alicyclic amines) is 1. The minimum Gasteiger partial charge on any atom is -0.348 e. The van der Waals surface area contributed by atoms with Crippen LogP contribution >= 0.6 is 0 Å². The normalized spacial score (nSPS) is 18.3. The molecule has 2 aromatic carbocycles. The van der Waals surface area contributed by atoms with E-state index in [1.165, 1.54) is 42.4 Å². The molecule has 1 heterocycles. The van der Waals surface area contributed by atoms with E-state index in [-0.39, 0.29) is 11.8 Å². The summed E-state index contributed by atoms with van der Waals surface area (Å²) in [4.78, 5) is 30.1. The van der Waals surface area contributed by atoms with Gasteiger partial charge >= 0.3 is 0 Å². The lowest BCUT2D eigenvalue weighted by atomic mass is 9.71. The predicted molar refractivity (Wildman–Crippen MR) is 134 cm³/mol. The first-order valence-electron chi connectivity index (χ1n) is 12.6. The molecule has 1 aliphatic carbocycles. The molecular formula is C29H38N2O2. The minimum absolute atomic E-state index is 0.184. The molecule has 1 saturated heterocycles. The van der Waals surface area contributed by atoms with Crippen molar-refractivity contribution in [1.82, 2.24) is 9.80 Å². The number of nitrogens with zero attached hydrogens (tertiary/aromatic N) is 2. The number of amides is 2. The van der Waals surface area contributed by atoms with Crippen LogP contribution < -0.4 is 0 Å². The summed E-state index contributed by atoms with van der Waals surface area (Å²) in [6.07, 6.45) is 9.06. The van der Waals surface area contributed by atoms with E-state index in [4.69, 9.17) is 0 Å². The Balaban J connectivity index is 1.49. The maximum absolute atomic E-state index is 13.5. The highest BCUT2D eigenvalue weighted by atomic mass is 16.2. The zero-order chi connectivity index (χ0) is 23.3. The van der Waals surface area contributed by atoms with Crippen molar-refractivity contribution in [2.75, 3.05) is 27.2 Å². The van der Waals surface area contributed by atoms with Crippen LogP contribution in [0.15, 0.2) is 54.6 Å². The molecule has 0 atom stereocenters. The van der Waals surface area contributed by atoms with Crippen molar-refractivity contribution in [3.8, 4) is 11.1 Å². The highest BCUT2D eigenvalue weighted by molar-refractivity contribution is 5.84. The predicted octanol–water partition coefficient (Wildman–Crippen LogP) is 5.56. The van der Waals surface area contributed by atoms with Crippen molar-refractivity contribution >= 4 is 11.8 Å². The molecule has 2 fully saturated rings. The molecule has 0 spiro atoms. The molecule has 176 valence electrons. The van der Waals surface area contributed by atoms with Gasteiger partial charge in [0.1, 0.15) is 0 Å². The Morgan fingerprint density at radius 2 is 1.58 bits per heavy atom. The van der Waals surface area contributed by atoms with E-state index >= 15 is 0 Å². The molecule has 1 saturated carbocycles. The van der Waals surface area contributed by atoms with Gasteiger partial charge in [-0.15, -0.1) is 0 Å². The molecule has 4 rings (SSSR count). The maximum atomic E-state index is 13.5. The minimum atomic E-state index is -0.462. The highest BCUT2D eigenvalue weighted by Gasteiger charge is 2.43. The fourth-order valence-electron chi connectivity index (χ4n) is 5.85. The van der Waals surface area contributed by atoms with Crippen molar-refractivity contribution in [2.24, 2.45) is 11.3 Å². The number of carbonyl (C=O) groups excluding carboxylic acids is 2. The van der Waals surface area contributed by atoms with Crippen LogP contribution in [0, 0.1) is 11.3 Å². The molecular weight excluding hydrogens is 408 g/mol. The van der Waals surface area contributed by atoms with Gasteiger partial charge < -0.3 is 9.80 Å². The summed E-state index contributed by atoms with van der Waals surface area (Å²) in [5.74, 6) is 1.20. The molecule has 33 heavy (non-hydrogen) atoms. The molecule has 2 amide bonds. The van der Waals surface area contributed by atoms with E-state index in [0.29, 0.717) is 25.9 Å². The zero-order valence-corrected chi connectivity index (χ0v) is 20.3. The average Bonchev–Trinajstić information content (AvgIpc) is 3.37. The van der Waals surface area contributed by atoms with E-state index in [1.807, 2.05) is 25.1 Å². The summed E-state index contributed by atoms with van der Waals surface area (Å²) in [6, 6.07) is 18.9. The molecule has 0 bridgehead atoms. The fourth-order valence-corrected chi connectivity index (χ4v) is 5.85. The van der Waals surface area contributed by atoms with Gasteiger partial charge in [0.05, 0.1) is 5.41 Å². The van der Waals surface area contributed by atoms with Crippen LogP contribution in [0.4, 0.5) is 0 Å². The Morgan fingerprint density at radius 3 is 2.24 bits per heavy atom. The monoisotopic (exact) mass is 446 g/mol. The fraction of sp³-hybridized carbons (Fsp3) is 0.517. The third-order valence-corrected chi connectivity index (χ3v) is 7.81. The topological polar surface area (TPSA) is 40.6 Å². The number of hydrogen-bond donors (Lipinski definition) is 0. The standard InChI is InChI=1S/C29H38N2O2/c1-30(2)28(33)29(22-25-14-8-9-15-26(25)24-12-4-3-5-13-24)18-20-31(21-19-29)27(32)17-16-23-10-6-7-11-23/h3-5,8-9,12-15,23H,6-7,10-11,16-22H2,1-2H3. The first-order chi connectivity index (χ1) is 16.0. The lowest BCUT2D eigenvalue weighted by Crippen LogP contribution is -2.51. The summed E-state index contributed by atoms with van der Waals surface area (Å²) >= 11 is 0. The van der Waals surface area contributed by atoms with Crippen LogP contribution in [-0.4, -0.2) is 48.8 Å². The van der Waals surface area contributed by atoms with E-state index in [1.54, 1.807) is 4.90 Å². The number of rotatable bonds is 7. The van der Waals surface area contributed by atoms with Gasteiger partial charge in [-0.25, -0.2) is 0 Å². The van der Waals surface area contributed by atoms with Crippen molar-refractivity contribution in [3.05, 3.63) is 60.2 Å². The lowest BCUT2D eigenvalue weighted by Gasteiger charge is -2.42. The van der Waals surface area contributed by atoms with Gasteiger partial charge in [-0.05, 0) is 48.3 Å². The molecule has 4 heteroatoms. The van der Waals surface area contributed by atoms with E-state index in [0.717, 1.165) is 25.2 Å². The SMILES string of the molecule is CN(C)C(=O)C1(Cc2ccccc2-c2ccccc2)CCN(C(=O)CCC2CCCC2)CC1. The number of carbonyl (C=O) groups is 2. The Hall–Kier alpha value is -2.62. The van der Waals surface area contributed by atoms with Crippen molar-refractivity contribution in [2.45, 2.75) is 57.8 Å². The van der Waals surface area contributed by atoms with Crippen molar-refractivity contribution < 1.29 is 9.59 Å². The molecule has 2 aliphatic rings. The van der Waals surface area contributed by atoms with Crippen LogP contribution in [0.25, 0.3) is 11.1 Å². The van der Waals surface area contributed by atoms with E-state index < -0.39 is 5.41 Å². The van der Waals surface area contributed by atoms with Crippen LogP contribution in [0.1, 0.15) is 56.9 Å². The van der Waals surface area contributed by atoms with Crippen LogP contribution in [0.3, 0.4) is 0 Å². The third kappa shape index (κ3) is 5.48. The summed E-state index contributed by atoms with van der Waals surface area (Å²) in [7, 11) is 3.71. The Kier molecular flexibility index (Phi) is 7.52. The van der Waals surface area contributed by atoms with Gasteiger partial charge in [0.2, 0.25) is 11.8 Å². The molecule has 0 N–H and O–H groups in total. The molecule has 2 aromatic rings. The molecule has 4 nitrogen and oxygen atoms in total. The Morgan fingerprint density at radius 1 is 0.939 bits per heavy atom. The quantitative estimate of drug-likeness (QED) is 0.558. The number of piperidine rings is 1. The summed E-state index contributed by atoms with van der Waals surface area (Å²) in [5.41, 5.74) is 3.12. The second-order valence-electron chi connectivity index (χ2n) is 10.2. The van der Waals surface area contributed by atoms with Gasteiger partial charge in [-0.1, -0.05) is 80.3 Å². The average molecular weight is 447 g/mol. The Bertz CT molecular complexity index is 939. The van der Waals surface area contributed by atoms with Gasteiger partial charge in [0.25, 0.3) is 0 Å². The largest absolute Gasteiger partial charge is 0.348 e. The summed E-state index contributed by atoms with van der Waals surface area (Å²) in [6.45, 7) is 1.35. The first kappa shape index (κ1) is 23.5. The van der Waals surface area contributed by atoms with Crippen LogP contribution in [-0.2, 0) is 16.0 Å². The highest BCUT2D eigenvalue weighted by Crippen LogP contribution is 2.39. The number of benzene rings is 2.